The molecule has 0 aromatic rings. The standard InChI is InChI=1S/C4H6N2.C2H3Cl/c1-6-3-2-5-4-6;1-2-3/h2-4H,1H3;2H,1H2/p+1. The molecule has 0 aromatic heterocycles. The Bertz CT molecular complexity index is 117. The average Bonchev–Trinajstić information content (AvgIpc) is 2.20. The van der Waals surface area contributed by atoms with Crippen LogP contribution in [-0.4, -0.2) is 13.4 Å². The highest BCUT2D eigenvalue weighted by Crippen LogP contribution is 1.66. The van der Waals surface area contributed by atoms with Gasteiger partial charge in [-0.15, -0.1) is 0 Å². The summed E-state index contributed by atoms with van der Waals surface area (Å²) in [4.78, 5) is 5.05. The Morgan fingerprint density at radius 2 is 2.33 bits per heavy atom. The summed E-state index contributed by atoms with van der Waals surface area (Å²) in [6, 6.07) is 0. The number of hydrogen-bond donors (Lipinski definition) is 1. The van der Waals surface area contributed by atoms with Gasteiger partial charge in [-0.05, 0) is 5.54 Å². The zero-order valence-electron chi connectivity index (χ0n) is 5.34. The van der Waals surface area contributed by atoms with Gasteiger partial charge < -0.3 is 0 Å². The maximum atomic E-state index is 4.76. The van der Waals surface area contributed by atoms with Gasteiger partial charge in [0.2, 0.25) is 0 Å². The second-order valence-corrected chi connectivity index (χ2v) is 1.80. The SMILES string of the molecule is C=CCl.C[NH+]1C=CN=C1. The van der Waals surface area contributed by atoms with Gasteiger partial charge in [0.1, 0.15) is 6.20 Å². The fourth-order valence-electron chi connectivity index (χ4n) is 0.364. The van der Waals surface area contributed by atoms with E-state index in [1.165, 1.54) is 10.4 Å². The highest BCUT2D eigenvalue weighted by Gasteiger charge is 1.91. The molecular formula is C6H10ClN2+. The number of hydrogen-bond acceptors (Lipinski definition) is 1. The van der Waals surface area contributed by atoms with Crippen LogP contribution in [0, 0.1) is 0 Å². The molecule has 1 aliphatic heterocycles. The number of aliphatic imine (C=N–C) groups is 1. The van der Waals surface area contributed by atoms with Crippen LogP contribution < -0.4 is 4.90 Å². The van der Waals surface area contributed by atoms with Crippen molar-refractivity contribution in [1.82, 2.24) is 0 Å². The molecule has 1 atom stereocenters. The molecule has 1 N–H and O–H groups in total. The van der Waals surface area contributed by atoms with E-state index in [0.717, 1.165) is 0 Å². The van der Waals surface area contributed by atoms with Crippen LogP contribution in [0.1, 0.15) is 0 Å². The van der Waals surface area contributed by atoms with E-state index in [2.05, 4.69) is 11.6 Å². The zero-order chi connectivity index (χ0) is 7.11. The minimum absolute atomic E-state index is 1.22. The third-order valence-corrected chi connectivity index (χ3v) is 0.702. The summed E-state index contributed by atoms with van der Waals surface area (Å²) in [5.41, 5.74) is 1.22. The van der Waals surface area contributed by atoms with E-state index in [9.17, 15) is 0 Å². The van der Waals surface area contributed by atoms with Crippen molar-refractivity contribution in [3.05, 3.63) is 24.5 Å². The molecule has 1 unspecified atom stereocenters. The summed E-state index contributed by atoms with van der Waals surface area (Å²) < 4.78 is 0. The third-order valence-electron chi connectivity index (χ3n) is 0.702. The van der Waals surface area contributed by atoms with Crippen molar-refractivity contribution >= 4 is 17.9 Å². The second kappa shape index (κ2) is 5.54. The van der Waals surface area contributed by atoms with Crippen molar-refractivity contribution < 1.29 is 4.90 Å². The topological polar surface area (TPSA) is 16.8 Å². The molecule has 3 heteroatoms. The van der Waals surface area contributed by atoms with Gasteiger partial charge in [0.05, 0.1) is 13.2 Å². The van der Waals surface area contributed by atoms with E-state index < -0.39 is 0 Å². The molecular weight excluding hydrogens is 136 g/mol. The fraction of sp³-hybridized carbons (Fsp3) is 0.167. The minimum Gasteiger partial charge on any atom is -0.267 e. The molecule has 1 heterocycles. The van der Waals surface area contributed by atoms with E-state index in [4.69, 9.17) is 11.6 Å². The van der Waals surface area contributed by atoms with Crippen LogP contribution in [0.2, 0.25) is 0 Å². The molecule has 0 saturated carbocycles. The van der Waals surface area contributed by atoms with Crippen LogP contribution in [0.25, 0.3) is 0 Å². The quantitative estimate of drug-likeness (QED) is 0.508. The summed E-state index contributed by atoms with van der Waals surface area (Å²) in [6.45, 7) is 3.13. The van der Waals surface area contributed by atoms with E-state index in [1.807, 2.05) is 19.6 Å². The van der Waals surface area contributed by atoms with E-state index in [1.54, 1.807) is 6.20 Å². The van der Waals surface area contributed by atoms with Crippen molar-refractivity contribution in [3.8, 4) is 0 Å². The third kappa shape index (κ3) is 5.27. The summed E-state index contributed by atoms with van der Waals surface area (Å²) in [5, 5.41) is 0. The number of rotatable bonds is 0. The molecule has 0 radical (unpaired) electrons. The van der Waals surface area contributed by atoms with Gasteiger partial charge in [-0.1, -0.05) is 18.2 Å². The van der Waals surface area contributed by atoms with Gasteiger partial charge in [0.15, 0.2) is 6.34 Å². The Hall–Kier alpha value is -0.600. The fourth-order valence-corrected chi connectivity index (χ4v) is 0.364. The minimum atomic E-state index is 1.22. The summed E-state index contributed by atoms with van der Waals surface area (Å²) in [7, 11) is 2.02. The first kappa shape index (κ1) is 8.40. The molecule has 0 saturated heterocycles. The van der Waals surface area contributed by atoms with E-state index in [0.29, 0.717) is 0 Å². The molecule has 0 spiro atoms. The molecule has 2 nitrogen and oxygen atoms in total. The second-order valence-electron chi connectivity index (χ2n) is 1.49. The molecule has 0 amide bonds. The van der Waals surface area contributed by atoms with Gasteiger partial charge in [-0.25, -0.2) is 4.99 Å². The molecule has 1 rings (SSSR count). The van der Waals surface area contributed by atoms with Crippen molar-refractivity contribution in [2.45, 2.75) is 0 Å². The monoisotopic (exact) mass is 145 g/mol. The molecule has 0 aliphatic carbocycles. The number of quaternary nitrogens is 1. The van der Waals surface area contributed by atoms with E-state index in [-0.39, 0.29) is 0 Å². The van der Waals surface area contributed by atoms with Gasteiger partial charge in [0, 0.05) is 0 Å². The lowest BCUT2D eigenvalue weighted by Gasteiger charge is -1.87. The van der Waals surface area contributed by atoms with Crippen LogP contribution >= 0.6 is 11.6 Å². The first-order valence-corrected chi connectivity index (χ1v) is 2.99. The highest BCUT2D eigenvalue weighted by atomic mass is 35.5. The largest absolute Gasteiger partial charge is 0.267 e. The van der Waals surface area contributed by atoms with Gasteiger partial charge in [-0.3, -0.25) is 4.90 Å². The Morgan fingerprint density at radius 3 is 2.44 bits per heavy atom. The van der Waals surface area contributed by atoms with Crippen LogP contribution in [-0.2, 0) is 0 Å². The smallest absolute Gasteiger partial charge is 0.192 e. The van der Waals surface area contributed by atoms with Gasteiger partial charge in [0.25, 0.3) is 0 Å². The number of halogens is 1. The van der Waals surface area contributed by atoms with Crippen LogP contribution in [0.15, 0.2) is 29.5 Å². The van der Waals surface area contributed by atoms with Crippen LogP contribution in [0.5, 0.6) is 0 Å². The summed E-state index contributed by atoms with van der Waals surface area (Å²) in [5.74, 6) is 0. The Balaban J connectivity index is 0.000000187. The van der Waals surface area contributed by atoms with Crippen LogP contribution in [0.4, 0.5) is 0 Å². The van der Waals surface area contributed by atoms with Crippen molar-refractivity contribution in [2.75, 3.05) is 7.05 Å². The molecule has 9 heavy (non-hydrogen) atoms. The maximum absolute atomic E-state index is 4.76. The predicted octanol–water partition coefficient (Wildman–Crippen LogP) is 0.383. The number of nitrogens with one attached hydrogen (secondary N) is 1. The van der Waals surface area contributed by atoms with Crippen molar-refractivity contribution in [2.24, 2.45) is 4.99 Å². The number of nitrogens with zero attached hydrogens (tertiary/aromatic N) is 1. The lowest BCUT2D eigenvalue weighted by atomic mass is 10.9. The lowest BCUT2D eigenvalue weighted by molar-refractivity contribution is -0.709. The van der Waals surface area contributed by atoms with Crippen molar-refractivity contribution in [1.29, 1.82) is 0 Å². The normalized spacial score (nSPS) is 20.9. The van der Waals surface area contributed by atoms with E-state index >= 15 is 0 Å². The molecule has 0 aromatic carbocycles. The maximum Gasteiger partial charge on any atom is 0.192 e. The molecule has 1 aliphatic rings. The first-order valence-electron chi connectivity index (χ1n) is 2.55. The van der Waals surface area contributed by atoms with Crippen LogP contribution in [0.3, 0.4) is 0 Å². The molecule has 0 fully saturated rings. The average molecular weight is 146 g/mol. The zero-order valence-corrected chi connectivity index (χ0v) is 6.10. The molecule has 50 valence electrons. The Kier molecular flexibility index (Phi) is 5.17. The Labute approximate surface area is 60.1 Å². The van der Waals surface area contributed by atoms with Gasteiger partial charge in [-0.2, -0.15) is 0 Å². The first-order chi connectivity index (χ1) is 4.31. The predicted molar refractivity (Wildman–Crippen MR) is 40.6 cm³/mol. The summed E-state index contributed by atoms with van der Waals surface area (Å²) in [6.07, 6.45) is 5.59. The summed E-state index contributed by atoms with van der Waals surface area (Å²) >= 11 is 4.76. The van der Waals surface area contributed by atoms with Gasteiger partial charge >= 0.3 is 0 Å². The Morgan fingerprint density at radius 1 is 1.78 bits per heavy atom. The van der Waals surface area contributed by atoms with Crippen molar-refractivity contribution in [3.63, 3.8) is 0 Å². The lowest BCUT2D eigenvalue weighted by Crippen LogP contribution is -3.01. The molecule has 0 bridgehead atoms. The highest BCUT2D eigenvalue weighted by molar-refractivity contribution is 6.25.